The van der Waals surface area contributed by atoms with Gasteiger partial charge in [0, 0.05) is 23.9 Å². The highest BCUT2D eigenvalue weighted by atomic mass is 32.2. The van der Waals surface area contributed by atoms with Gasteiger partial charge in [0.25, 0.3) is 5.91 Å². The van der Waals surface area contributed by atoms with Crippen LogP contribution in [0.15, 0.2) is 42.5 Å². The first-order valence-electron chi connectivity index (χ1n) is 7.55. The molecule has 2 heterocycles. The number of benzene rings is 1. The lowest BCUT2D eigenvalue weighted by atomic mass is 10.1. The fourth-order valence-corrected chi connectivity index (χ4v) is 3.55. The average molecular weight is 331 g/mol. The number of carbonyl (C=O) groups is 1. The second-order valence-corrected chi connectivity index (χ2v) is 6.63. The number of hydrogen-bond acceptors (Lipinski definition) is 4. The molecule has 1 aliphatic rings. The number of amides is 1. The predicted octanol–water partition coefficient (Wildman–Crippen LogP) is 2.55. The molecule has 1 atom stereocenters. The normalized spacial score (nSPS) is 17.2. The summed E-state index contributed by atoms with van der Waals surface area (Å²) in [5, 5.41) is 0. The zero-order chi connectivity index (χ0) is 16.1. The Morgan fingerprint density at radius 3 is 2.83 bits per heavy atom. The fraction of sp³-hybridized carbons (Fsp3) is 0.294. The second kappa shape index (κ2) is 7.57. The summed E-state index contributed by atoms with van der Waals surface area (Å²) < 4.78 is 12.9. The molecule has 0 radical (unpaired) electrons. The standard InChI is InChI=1S/C17H18FN3OS/c18-13-6-4-12(5-7-13)10-14-2-1-3-16(19-14)17(22)21-20-15-8-9-23-11-15/h1-7,15,20H,8-11H2,(H,21,22). The molecule has 0 aliphatic carbocycles. The first-order chi connectivity index (χ1) is 11.2. The van der Waals surface area contributed by atoms with Crippen LogP contribution in [0.4, 0.5) is 4.39 Å². The number of halogens is 1. The topological polar surface area (TPSA) is 54.0 Å². The third kappa shape index (κ3) is 4.53. The molecule has 0 bridgehead atoms. The summed E-state index contributed by atoms with van der Waals surface area (Å²) in [7, 11) is 0. The van der Waals surface area contributed by atoms with Gasteiger partial charge in [-0.2, -0.15) is 11.8 Å². The molecule has 120 valence electrons. The number of aromatic nitrogens is 1. The van der Waals surface area contributed by atoms with Crippen LogP contribution in [-0.4, -0.2) is 28.4 Å². The smallest absolute Gasteiger partial charge is 0.283 e. The number of carbonyl (C=O) groups excluding carboxylic acids is 1. The summed E-state index contributed by atoms with van der Waals surface area (Å²) in [5.74, 6) is 1.64. The second-order valence-electron chi connectivity index (χ2n) is 5.48. The van der Waals surface area contributed by atoms with E-state index in [9.17, 15) is 9.18 Å². The van der Waals surface area contributed by atoms with E-state index < -0.39 is 0 Å². The highest BCUT2D eigenvalue weighted by molar-refractivity contribution is 7.99. The molecule has 6 heteroatoms. The summed E-state index contributed by atoms with van der Waals surface area (Å²) in [6.07, 6.45) is 1.62. The number of nitrogens with zero attached hydrogens (tertiary/aromatic N) is 1. The van der Waals surface area contributed by atoms with Crippen LogP contribution >= 0.6 is 11.8 Å². The Labute approximate surface area is 138 Å². The molecule has 1 amide bonds. The number of nitrogens with one attached hydrogen (secondary N) is 2. The van der Waals surface area contributed by atoms with Gasteiger partial charge in [-0.3, -0.25) is 10.2 Å². The van der Waals surface area contributed by atoms with Gasteiger partial charge in [0.2, 0.25) is 0 Å². The van der Waals surface area contributed by atoms with E-state index in [0.717, 1.165) is 29.2 Å². The van der Waals surface area contributed by atoms with Gasteiger partial charge in [0.05, 0.1) is 0 Å². The van der Waals surface area contributed by atoms with E-state index in [4.69, 9.17) is 0 Å². The van der Waals surface area contributed by atoms with E-state index in [2.05, 4.69) is 15.8 Å². The highest BCUT2D eigenvalue weighted by Gasteiger charge is 2.16. The van der Waals surface area contributed by atoms with Crippen molar-refractivity contribution in [3.05, 3.63) is 65.2 Å². The summed E-state index contributed by atoms with van der Waals surface area (Å²) in [5.41, 5.74) is 7.89. The van der Waals surface area contributed by atoms with Crippen LogP contribution in [0.25, 0.3) is 0 Å². The molecular weight excluding hydrogens is 313 g/mol. The Morgan fingerprint density at radius 2 is 2.09 bits per heavy atom. The van der Waals surface area contributed by atoms with Crippen LogP contribution in [0.2, 0.25) is 0 Å². The minimum atomic E-state index is -0.258. The zero-order valence-corrected chi connectivity index (χ0v) is 13.4. The van der Waals surface area contributed by atoms with Crippen LogP contribution in [0.1, 0.15) is 28.2 Å². The Hall–Kier alpha value is -1.92. The maximum atomic E-state index is 12.9. The lowest BCUT2D eigenvalue weighted by molar-refractivity contribution is 0.0921. The number of hydrazine groups is 1. The number of hydrogen-bond donors (Lipinski definition) is 2. The average Bonchev–Trinajstić information content (AvgIpc) is 3.08. The van der Waals surface area contributed by atoms with Gasteiger partial charge in [0.15, 0.2) is 0 Å². The van der Waals surface area contributed by atoms with E-state index >= 15 is 0 Å². The lowest BCUT2D eigenvalue weighted by Gasteiger charge is -2.12. The monoisotopic (exact) mass is 331 g/mol. The van der Waals surface area contributed by atoms with E-state index in [1.165, 1.54) is 12.1 Å². The van der Waals surface area contributed by atoms with Gasteiger partial charge >= 0.3 is 0 Å². The van der Waals surface area contributed by atoms with Crippen molar-refractivity contribution >= 4 is 17.7 Å². The van der Waals surface area contributed by atoms with E-state index in [-0.39, 0.29) is 11.7 Å². The highest BCUT2D eigenvalue weighted by Crippen LogP contribution is 2.16. The van der Waals surface area contributed by atoms with Crippen LogP contribution in [0.3, 0.4) is 0 Å². The summed E-state index contributed by atoms with van der Waals surface area (Å²) in [4.78, 5) is 16.5. The van der Waals surface area contributed by atoms with Crippen LogP contribution in [-0.2, 0) is 6.42 Å². The number of rotatable bonds is 5. The Bertz CT molecular complexity index is 672. The molecule has 1 fully saturated rings. The molecule has 4 nitrogen and oxygen atoms in total. The minimum absolute atomic E-state index is 0.233. The summed E-state index contributed by atoms with van der Waals surface area (Å²) in [6.45, 7) is 0. The summed E-state index contributed by atoms with van der Waals surface area (Å²) in [6, 6.07) is 12.0. The molecule has 3 rings (SSSR count). The van der Waals surface area contributed by atoms with Gasteiger partial charge in [0.1, 0.15) is 11.5 Å². The van der Waals surface area contributed by atoms with Crippen molar-refractivity contribution in [1.82, 2.24) is 15.8 Å². The van der Waals surface area contributed by atoms with Gasteiger partial charge in [-0.1, -0.05) is 18.2 Å². The Balaban J connectivity index is 1.61. The van der Waals surface area contributed by atoms with Crippen LogP contribution in [0, 0.1) is 5.82 Å². The number of thioether (sulfide) groups is 1. The molecule has 0 spiro atoms. The van der Waals surface area contributed by atoms with Crippen LogP contribution in [0.5, 0.6) is 0 Å². The summed E-state index contributed by atoms with van der Waals surface area (Å²) >= 11 is 1.88. The van der Waals surface area contributed by atoms with Crippen molar-refractivity contribution in [3.63, 3.8) is 0 Å². The first kappa shape index (κ1) is 16.0. The quantitative estimate of drug-likeness (QED) is 0.827. The van der Waals surface area contributed by atoms with Gasteiger partial charge < -0.3 is 0 Å². The van der Waals surface area contributed by atoms with E-state index in [1.54, 1.807) is 18.2 Å². The van der Waals surface area contributed by atoms with E-state index in [0.29, 0.717) is 18.2 Å². The van der Waals surface area contributed by atoms with Gasteiger partial charge in [-0.05, 0) is 42.0 Å². The molecule has 1 unspecified atom stereocenters. The van der Waals surface area contributed by atoms with Crippen molar-refractivity contribution in [1.29, 1.82) is 0 Å². The molecular formula is C17H18FN3OS. The molecule has 2 aromatic rings. The molecule has 23 heavy (non-hydrogen) atoms. The molecule has 1 aliphatic heterocycles. The molecule has 2 N–H and O–H groups in total. The van der Waals surface area contributed by atoms with Crippen molar-refractivity contribution < 1.29 is 9.18 Å². The van der Waals surface area contributed by atoms with Crippen molar-refractivity contribution in [2.75, 3.05) is 11.5 Å². The lowest BCUT2D eigenvalue weighted by Crippen LogP contribution is -2.44. The van der Waals surface area contributed by atoms with Crippen molar-refractivity contribution in [2.24, 2.45) is 0 Å². The molecule has 1 aromatic heterocycles. The van der Waals surface area contributed by atoms with E-state index in [1.807, 2.05) is 23.9 Å². The maximum Gasteiger partial charge on any atom is 0.283 e. The molecule has 0 saturated carbocycles. The third-order valence-electron chi connectivity index (χ3n) is 3.66. The minimum Gasteiger partial charge on any atom is -0.286 e. The Kier molecular flexibility index (Phi) is 5.25. The predicted molar refractivity (Wildman–Crippen MR) is 89.8 cm³/mol. The van der Waals surface area contributed by atoms with Gasteiger partial charge in [-0.15, -0.1) is 0 Å². The van der Waals surface area contributed by atoms with Gasteiger partial charge in [-0.25, -0.2) is 14.8 Å². The maximum absolute atomic E-state index is 12.9. The largest absolute Gasteiger partial charge is 0.286 e. The Morgan fingerprint density at radius 1 is 1.26 bits per heavy atom. The molecule has 1 aromatic carbocycles. The third-order valence-corrected chi connectivity index (χ3v) is 4.82. The SMILES string of the molecule is O=C(NNC1CCSC1)c1cccc(Cc2ccc(F)cc2)n1. The van der Waals surface area contributed by atoms with Crippen LogP contribution < -0.4 is 10.9 Å². The number of pyridine rings is 1. The zero-order valence-electron chi connectivity index (χ0n) is 12.6. The first-order valence-corrected chi connectivity index (χ1v) is 8.70. The molecule has 1 saturated heterocycles. The van der Waals surface area contributed by atoms with Crippen molar-refractivity contribution in [2.45, 2.75) is 18.9 Å². The van der Waals surface area contributed by atoms with Crippen molar-refractivity contribution in [3.8, 4) is 0 Å². The fourth-order valence-electron chi connectivity index (χ4n) is 2.40.